The molecule has 0 fully saturated rings. The van der Waals surface area contributed by atoms with E-state index < -0.39 is 6.10 Å². The van der Waals surface area contributed by atoms with Crippen LogP contribution in [-0.4, -0.2) is 37.2 Å². The van der Waals surface area contributed by atoms with Gasteiger partial charge in [-0.05, 0) is 103 Å². The zero-order chi connectivity index (χ0) is 58.5. The summed E-state index contributed by atoms with van der Waals surface area (Å²) in [5, 5.41) is 0. The zero-order valence-electron chi connectivity index (χ0n) is 53.3. The largest absolute Gasteiger partial charge is 0.462 e. The molecule has 1 unspecified atom stereocenters. The first-order valence-corrected chi connectivity index (χ1v) is 34.4. The monoisotopic (exact) mass is 1120 g/mol. The number of carbonyl (C=O) groups excluding carboxylic acids is 3. The molecule has 6 nitrogen and oxygen atoms in total. The van der Waals surface area contributed by atoms with Gasteiger partial charge in [0.2, 0.25) is 0 Å². The average Bonchev–Trinajstić information content (AvgIpc) is 3.46. The van der Waals surface area contributed by atoms with Gasteiger partial charge in [0.15, 0.2) is 6.10 Å². The molecule has 81 heavy (non-hydrogen) atoms. The highest BCUT2D eigenvalue weighted by Crippen LogP contribution is 2.17. The van der Waals surface area contributed by atoms with E-state index in [-0.39, 0.29) is 31.1 Å². The Morgan fingerprint density at radius 1 is 0.259 bits per heavy atom. The van der Waals surface area contributed by atoms with Crippen LogP contribution in [-0.2, 0) is 28.6 Å². The van der Waals surface area contributed by atoms with Crippen LogP contribution in [0.15, 0.2) is 109 Å². The van der Waals surface area contributed by atoms with Crippen molar-refractivity contribution < 1.29 is 28.6 Å². The first-order valence-electron chi connectivity index (χ1n) is 34.4. The van der Waals surface area contributed by atoms with E-state index in [9.17, 15) is 14.4 Å². The molecule has 0 aliphatic carbocycles. The Bertz CT molecular complexity index is 1620. The summed E-state index contributed by atoms with van der Waals surface area (Å²) >= 11 is 0. The Kier molecular flexibility index (Phi) is 65.2. The highest BCUT2D eigenvalue weighted by Gasteiger charge is 2.19. The normalized spacial score (nSPS) is 12.8. The van der Waals surface area contributed by atoms with Crippen molar-refractivity contribution >= 4 is 17.9 Å². The second-order valence-corrected chi connectivity index (χ2v) is 22.7. The van der Waals surface area contributed by atoms with Crippen LogP contribution in [0.2, 0.25) is 0 Å². The predicted molar refractivity (Wildman–Crippen MR) is 353 cm³/mol. The smallest absolute Gasteiger partial charge is 0.306 e. The second-order valence-electron chi connectivity index (χ2n) is 22.7. The second kappa shape index (κ2) is 68.6. The summed E-state index contributed by atoms with van der Waals surface area (Å²) in [6, 6.07) is 0. The number of hydrogen-bond donors (Lipinski definition) is 0. The fourth-order valence-electron chi connectivity index (χ4n) is 9.64. The van der Waals surface area contributed by atoms with Crippen molar-refractivity contribution in [1.29, 1.82) is 0 Å². The van der Waals surface area contributed by atoms with Gasteiger partial charge in [-0.1, -0.05) is 316 Å². The standard InChI is InChI=1S/C75H128O6/c1-4-7-10-13-16-19-22-25-27-29-31-33-35-36-37-38-40-41-43-45-47-50-53-56-59-62-65-68-74(77)80-71-72(70-79-73(76)67-64-61-58-55-52-49-24-21-18-15-12-9-6-3)81-75(78)69-66-63-60-57-54-51-48-46-44-42-39-34-32-30-28-26-23-20-17-14-11-8-5-2/h7,10,12,15-16,19,21,24-25,27,31,33,36-37,40-41,45,47,72H,4-6,8-9,11,13-14,17-18,20,22-23,26,28-30,32,34-35,38-39,42-44,46,48-71H2,1-3H3/b10-7-,15-12-,19-16-,24-21-,27-25-,33-31-,37-36-,41-40-,47-45-. The molecule has 0 aromatic heterocycles. The molecule has 0 saturated carbocycles. The van der Waals surface area contributed by atoms with Crippen LogP contribution in [0.25, 0.3) is 0 Å². The minimum absolute atomic E-state index is 0.0902. The summed E-state index contributed by atoms with van der Waals surface area (Å²) in [4.78, 5) is 38.4. The summed E-state index contributed by atoms with van der Waals surface area (Å²) in [5.74, 6) is -0.910. The summed E-state index contributed by atoms with van der Waals surface area (Å²) in [5.41, 5.74) is 0. The minimum atomic E-state index is -0.794. The third-order valence-electron chi connectivity index (χ3n) is 14.7. The van der Waals surface area contributed by atoms with Crippen LogP contribution < -0.4 is 0 Å². The van der Waals surface area contributed by atoms with E-state index in [2.05, 4.69) is 130 Å². The van der Waals surface area contributed by atoms with E-state index >= 15 is 0 Å². The molecule has 0 aromatic carbocycles. The molecular weight excluding hydrogens is 997 g/mol. The quantitative estimate of drug-likeness (QED) is 0.0261. The number of unbranched alkanes of at least 4 members (excludes halogenated alkanes) is 33. The molecule has 0 bridgehead atoms. The van der Waals surface area contributed by atoms with Crippen LogP contribution in [0.1, 0.15) is 329 Å². The lowest BCUT2D eigenvalue weighted by molar-refractivity contribution is -0.167. The van der Waals surface area contributed by atoms with Crippen LogP contribution in [0, 0.1) is 0 Å². The SMILES string of the molecule is CC/C=C\C/C=C\C/C=C\C/C=C\C/C=C\C/C=C\C/C=C\CCCCCCCC(=O)OCC(COC(=O)CCCCCCC/C=C\C/C=C\CCC)OC(=O)CCCCCCCCCCCCCCCCCCCCCCCCC. The molecule has 0 heterocycles. The number of carbonyl (C=O) groups is 3. The molecule has 0 saturated heterocycles. The van der Waals surface area contributed by atoms with Crippen molar-refractivity contribution in [3.05, 3.63) is 109 Å². The Hall–Kier alpha value is -3.93. The third kappa shape index (κ3) is 66.8. The maximum absolute atomic E-state index is 12.9. The molecule has 0 radical (unpaired) electrons. The minimum Gasteiger partial charge on any atom is -0.462 e. The summed E-state index contributed by atoms with van der Waals surface area (Å²) in [7, 11) is 0. The highest BCUT2D eigenvalue weighted by atomic mass is 16.6. The van der Waals surface area contributed by atoms with Gasteiger partial charge in [-0.15, -0.1) is 0 Å². The molecule has 0 amide bonds. The first-order chi connectivity index (χ1) is 40.0. The molecule has 0 aromatic rings. The molecule has 0 spiro atoms. The van der Waals surface area contributed by atoms with Gasteiger partial charge in [0.25, 0.3) is 0 Å². The highest BCUT2D eigenvalue weighted by molar-refractivity contribution is 5.71. The zero-order valence-corrected chi connectivity index (χ0v) is 53.3. The number of allylic oxidation sites excluding steroid dienone is 18. The van der Waals surface area contributed by atoms with Crippen LogP contribution >= 0.6 is 0 Å². The molecule has 0 aliphatic rings. The first kappa shape index (κ1) is 77.1. The van der Waals surface area contributed by atoms with Gasteiger partial charge in [-0.3, -0.25) is 14.4 Å². The van der Waals surface area contributed by atoms with Gasteiger partial charge in [-0.25, -0.2) is 0 Å². The van der Waals surface area contributed by atoms with Gasteiger partial charge in [0, 0.05) is 19.3 Å². The maximum atomic E-state index is 12.9. The molecule has 6 heteroatoms. The number of hydrogen-bond acceptors (Lipinski definition) is 6. The van der Waals surface area contributed by atoms with Crippen LogP contribution in [0.4, 0.5) is 0 Å². The number of ether oxygens (including phenoxy) is 3. The fourth-order valence-corrected chi connectivity index (χ4v) is 9.64. The van der Waals surface area contributed by atoms with Crippen molar-refractivity contribution in [2.45, 2.75) is 335 Å². The Morgan fingerprint density at radius 3 is 0.802 bits per heavy atom. The summed E-state index contributed by atoms with van der Waals surface area (Å²) < 4.78 is 16.9. The molecule has 464 valence electrons. The van der Waals surface area contributed by atoms with E-state index in [4.69, 9.17) is 14.2 Å². The Balaban J connectivity index is 4.35. The van der Waals surface area contributed by atoms with E-state index in [0.717, 1.165) is 154 Å². The lowest BCUT2D eigenvalue weighted by Crippen LogP contribution is -2.30. The van der Waals surface area contributed by atoms with Crippen molar-refractivity contribution in [3.8, 4) is 0 Å². The van der Waals surface area contributed by atoms with Crippen LogP contribution in [0.3, 0.4) is 0 Å². The Labute approximate surface area is 501 Å². The number of rotatable bonds is 62. The summed E-state index contributed by atoms with van der Waals surface area (Å²) in [6.45, 7) is 6.47. The molecule has 0 rings (SSSR count). The van der Waals surface area contributed by atoms with E-state index in [1.807, 2.05) is 0 Å². The molecule has 0 N–H and O–H groups in total. The topological polar surface area (TPSA) is 78.9 Å². The number of esters is 3. The van der Waals surface area contributed by atoms with E-state index in [1.165, 1.54) is 135 Å². The fraction of sp³-hybridized carbons (Fsp3) is 0.720. The van der Waals surface area contributed by atoms with Gasteiger partial charge in [0.1, 0.15) is 13.2 Å². The van der Waals surface area contributed by atoms with Crippen molar-refractivity contribution in [1.82, 2.24) is 0 Å². The van der Waals surface area contributed by atoms with Crippen molar-refractivity contribution in [2.75, 3.05) is 13.2 Å². The average molecular weight is 1130 g/mol. The third-order valence-corrected chi connectivity index (χ3v) is 14.7. The predicted octanol–water partition coefficient (Wildman–Crippen LogP) is 23.8. The lowest BCUT2D eigenvalue weighted by Gasteiger charge is -2.18. The lowest BCUT2D eigenvalue weighted by atomic mass is 10.0. The van der Waals surface area contributed by atoms with Gasteiger partial charge >= 0.3 is 17.9 Å². The van der Waals surface area contributed by atoms with Crippen LogP contribution in [0.5, 0.6) is 0 Å². The van der Waals surface area contributed by atoms with E-state index in [0.29, 0.717) is 19.3 Å². The van der Waals surface area contributed by atoms with Crippen molar-refractivity contribution in [2.24, 2.45) is 0 Å². The van der Waals surface area contributed by atoms with Gasteiger partial charge in [0.05, 0.1) is 0 Å². The van der Waals surface area contributed by atoms with Gasteiger partial charge in [-0.2, -0.15) is 0 Å². The summed E-state index contributed by atoms with van der Waals surface area (Å²) in [6.07, 6.45) is 93.9. The van der Waals surface area contributed by atoms with Gasteiger partial charge < -0.3 is 14.2 Å². The molecule has 1 atom stereocenters. The molecular formula is C75H128O6. The van der Waals surface area contributed by atoms with Crippen molar-refractivity contribution in [3.63, 3.8) is 0 Å². The Morgan fingerprint density at radius 2 is 0.506 bits per heavy atom. The molecule has 0 aliphatic heterocycles. The maximum Gasteiger partial charge on any atom is 0.306 e. The van der Waals surface area contributed by atoms with E-state index in [1.54, 1.807) is 0 Å².